The van der Waals surface area contributed by atoms with Gasteiger partial charge in [-0.3, -0.25) is 9.59 Å². The van der Waals surface area contributed by atoms with Crippen molar-refractivity contribution in [3.05, 3.63) is 95.6 Å². The minimum absolute atomic E-state index is 0.102. The summed E-state index contributed by atoms with van der Waals surface area (Å²) < 4.78 is 5.51. The van der Waals surface area contributed by atoms with Crippen LogP contribution < -0.4 is 15.4 Å². The number of carbonyl (C=O) groups excluding carboxylic acids is 2. The van der Waals surface area contributed by atoms with Crippen LogP contribution in [-0.4, -0.2) is 18.4 Å². The van der Waals surface area contributed by atoms with Crippen LogP contribution in [0.3, 0.4) is 0 Å². The van der Waals surface area contributed by atoms with Gasteiger partial charge in [-0.05, 0) is 53.9 Å². The monoisotopic (exact) mass is 388 g/mol. The molecule has 148 valence electrons. The van der Waals surface area contributed by atoms with Gasteiger partial charge in [0.25, 0.3) is 11.8 Å². The first-order valence-corrected chi connectivity index (χ1v) is 9.58. The molecule has 0 saturated heterocycles. The molecular formula is C24H24N2O3. The maximum Gasteiger partial charge on any atom is 0.262 e. The average Bonchev–Trinajstić information content (AvgIpc) is 2.77. The third kappa shape index (κ3) is 6.21. The van der Waals surface area contributed by atoms with Gasteiger partial charge in [0, 0.05) is 17.8 Å². The highest BCUT2D eigenvalue weighted by Crippen LogP contribution is 2.13. The fourth-order valence-electron chi connectivity index (χ4n) is 2.75. The van der Waals surface area contributed by atoms with E-state index in [0.29, 0.717) is 17.9 Å². The van der Waals surface area contributed by atoms with E-state index < -0.39 is 0 Å². The number of hydrogen-bond acceptors (Lipinski definition) is 3. The van der Waals surface area contributed by atoms with Gasteiger partial charge >= 0.3 is 0 Å². The standard InChI is InChI=1S/C24H24N2O3/c1-2-18-8-12-21(13-9-18)26-23(27)17-29-22-14-10-20(11-15-22)24(28)25-16-19-6-4-3-5-7-19/h3-15H,2,16-17H2,1H3,(H,25,28)(H,26,27). The van der Waals surface area contributed by atoms with Crippen molar-refractivity contribution in [2.75, 3.05) is 11.9 Å². The quantitative estimate of drug-likeness (QED) is 0.608. The summed E-state index contributed by atoms with van der Waals surface area (Å²) in [6.45, 7) is 2.45. The zero-order valence-corrected chi connectivity index (χ0v) is 16.4. The molecule has 2 amide bonds. The molecule has 0 unspecified atom stereocenters. The fourth-order valence-corrected chi connectivity index (χ4v) is 2.75. The minimum atomic E-state index is -0.237. The van der Waals surface area contributed by atoms with Crippen molar-refractivity contribution in [1.29, 1.82) is 0 Å². The Balaban J connectivity index is 1.45. The summed E-state index contributed by atoms with van der Waals surface area (Å²) in [4.78, 5) is 24.3. The molecular weight excluding hydrogens is 364 g/mol. The Bertz CT molecular complexity index is 936. The van der Waals surface area contributed by atoms with Gasteiger partial charge in [0.2, 0.25) is 0 Å². The Morgan fingerprint density at radius 3 is 2.17 bits per heavy atom. The van der Waals surface area contributed by atoms with Crippen LogP contribution in [0.4, 0.5) is 5.69 Å². The molecule has 3 aromatic carbocycles. The maximum absolute atomic E-state index is 12.2. The smallest absolute Gasteiger partial charge is 0.262 e. The van der Waals surface area contributed by atoms with E-state index in [0.717, 1.165) is 17.7 Å². The summed E-state index contributed by atoms with van der Waals surface area (Å²) in [7, 11) is 0. The highest BCUT2D eigenvalue weighted by Gasteiger charge is 2.07. The van der Waals surface area contributed by atoms with E-state index >= 15 is 0 Å². The molecule has 0 radical (unpaired) electrons. The first-order chi connectivity index (χ1) is 14.1. The lowest BCUT2D eigenvalue weighted by molar-refractivity contribution is -0.118. The molecule has 0 heterocycles. The molecule has 0 bridgehead atoms. The van der Waals surface area contributed by atoms with Crippen LogP contribution in [0.2, 0.25) is 0 Å². The average molecular weight is 388 g/mol. The zero-order valence-electron chi connectivity index (χ0n) is 16.4. The molecule has 0 spiro atoms. The summed E-state index contributed by atoms with van der Waals surface area (Å²) in [5.74, 6) is 0.133. The van der Waals surface area contributed by atoms with Crippen molar-refractivity contribution in [2.24, 2.45) is 0 Å². The molecule has 0 saturated carbocycles. The van der Waals surface area contributed by atoms with Gasteiger partial charge in [0.05, 0.1) is 0 Å². The predicted molar refractivity (Wildman–Crippen MR) is 114 cm³/mol. The van der Waals surface area contributed by atoms with E-state index in [4.69, 9.17) is 4.74 Å². The van der Waals surface area contributed by atoms with Gasteiger partial charge in [-0.15, -0.1) is 0 Å². The third-order valence-corrected chi connectivity index (χ3v) is 4.43. The van der Waals surface area contributed by atoms with Gasteiger partial charge in [-0.1, -0.05) is 49.4 Å². The number of nitrogens with one attached hydrogen (secondary N) is 2. The molecule has 5 heteroatoms. The van der Waals surface area contributed by atoms with Crippen molar-refractivity contribution in [3.8, 4) is 5.75 Å². The minimum Gasteiger partial charge on any atom is -0.484 e. The number of ether oxygens (including phenoxy) is 1. The maximum atomic E-state index is 12.2. The summed E-state index contributed by atoms with van der Waals surface area (Å²) in [6.07, 6.45) is 0.956. The number of anilines is 1. The highest BCUT2D eigenvalue weighted by molar-refractivity contribution is 5.94. The number of rotatable bonds is 8. The Labute approximate surface area is 170 Å². The molecule has 0 aliphatic rings. The number of aryl methyl sites for hydroxylation is 1. The van der Waals surface area contributed by atoms with Gasteiger partial charge in [0.15, 0.2) is 6.61 Å². The first kappa shape index (κ1) is 20.1. The van der Waals surface area contributed by atoms with Gasteiger partial charge in [0.1, 0.15) is 5.75 Å². The summed E-state index contributed by atoms with van der Waals surface area (Å²) >= 11 is 0. The van der Waals surface area contributed by atoms with Crippen LogP contribution in [0.25, 0.3) is 0 Å². The fraction of sp³-hybridized carbons (Fsp3) is 0.167. The lowest BCUT2D eigenvalue weighted by Crippen LogP contribution is -2.22. The van der Waals surface area contributed by atoms with Crippen molar-refractivity contribution < 1.29 is 14.3 Å². The number of carbonyl (C=O) groups is 2. The van der Waals surface area contributed by atoms with E-state index in [1.165, 1.54) is 5.56 Å². The highest BCUT2D eigenvalue weighted by atomic mass is 16.5. The molecule has 0 aromatic heterocycles. The molecule has 5 nitrogen and oxygen atoms in total. The predicted octanol–water partition coefficient (Wildman–Crippen LogP) is 4.20. The molecule has 0 aliphatic carbocycles. The zero-order chi connectivity index (χ0) is 20.5. The third-order valence-electron chi connectivity index (χ3n) is 4.43. The van der Waals surface area contributed by atoms with Crippen LogP contribution >= 0.6 is 0 Å². The Hall–Kier alpha value is -3.60. The van der Waals surface area contributed by atoms with E-state index in [1.807, 2.05) is 54.6 Å². The van der Waals surface area contributed by atoms with E-state index in [2.05, 4.69) is 17.6 Å². The Morgan fingerprint density at radius 1 is 0.828 bits per heavy atom. The van der Waals surface area contributed by atoms with E-state index in [9.17, 15) is 9.59 Å². The van der Waals surface area contributed by atoms with Crippen molar-refractivity contribution in [3.63, 3.8) is 0 Å². The Morgan fingerprint density at radius 2 is 1.52 bits per heavy atom. The van der Waals surface area contributed by atoms with Crippen LogP contribution in [0.1, 0.15) is 28.4 Å². The van der Waals surface area contributed by atoms with Crippen LogP contribution in [0.15, 0.2) is 78.9 Å². The lowest BCUT2D eigenvalue weighted by atomic mass is 10.1. The molecule has 2 N–H and O–H groups in total. The van der Waals surface area contributed by atoms with Gasteiger partial charge in [-0.2, -0.15) is 0 Å². The molecule has 0 fully saturated rings. The second kappa shape index (κ2) is 10.1. The van der Waals surface area contributed by atoms with Crippen molar-refractivity contribution in [2.45, 2.75) is 19.9 Å². The van der Waals surface area contributed by atoms with Gasteiger partial charge < -0.3 is 15.4 Å². The summed E-state index contributed by atoms with van der Waals surface area (Å²) in [5, 5.41) is 5.67. The number of amides is 2. The molecule has 29 heavy (non-hydrogen) atoms. The second-order valence-corrected chi connectivity index (χ2v) is 6.58. The molecule has 3 aromatic rings. The van der Waals surface area contributed by atoms with Crippen LogP contribution in [0.5, 0.6) is 5.75 Å². The molecule has 0 aliphatic heterocycles. The Kier molecular flexibility index (Phi) is 7.00. The largest absolute Gasteiger partial charge is 0.484 e. The normalized spacial score (nSPS) is 10.2. The van der Waals surface area contributed by atoms with E-state index in [1.54, 1.807) is 24.3 Å². The number of hydrogen-bond donors (Lipinski definition) is 2. The number of benzene rings is 3. The van der Waals surface area contributed by atoms with E-state index in [-0.39, 0.29) is 18.4 Å². The van der Waals surface area contributed by atoms with Crippen LogP contribution in [0, 0.1) is 0 Å². The topological polar surface area (TPSA) is 67.4 Å². The molecule has 3 rings (SSSR count). The van der Waals surface area contributed by atoms with Crippen molar-refractivity contribution in [1.82, 2.24) is 5.32 Å². The summed E-state index contributed by atoms with van der Waals surface area (Å²) in [5.41, 5.74) is 3.53. The SMILES string of the molecule is CCc1ccc(NC(=O)COc2ccc(C(=O)NCc3ccccc3)cc2)cc1. The summed E-state index contributed by atoms with van der Waals surface area (Å²) in [6, 6.07) is 24.2. The van der Waals surface area contributed by atoms with Gasteiger partial charge in [-0.25, -0.2) is 0 Å². The molecule has 0 atom stereocenters. The van der Waals surface area contributed by atoms with Crippen molar-refractivity contribution >= 4 is 17.5 Å². The van der Waals surface area contributed by atoms with Crippen LogP contribution in [-0.2, 0) is 17.8 Å². The first-order valence-electron chi connectivity index (χ1n) is 9.58. The lowest BCUT2D eigenvalue weighted by Gasteiger charge is -2.09. The second-order valence-electron chi connectivity index (χ2n) is 6.58.